The highest BCUT2D eigenvalue weighted by atomic mass is 16.5. The highest BCUT2D eigenvalue weighted by Gasteiger charge is 2.06. The first-order chi connectivity index (χ1) is 9.72. The summed E-state index contributed by atoms with van der Waals surface area (Å²) in [5, 5.41) is 12.6. The lowest BCUT2D eigenvalue weighted by molar-refractivity contribution is 0.299. The molecule has 0 amide bonds. The standard InChI is InChI=1S/C16H19NO3/c1-17-10-13-6-7-15(19-2)9-16(13)20-11-12-4-3-5-14(18)8-12/h3-9,17-18H,10-11H2,1-2H3. The van der Waals surface area contributed by atoms with Gasteiger partial charge in [-0.05, 0) is 30.8 Å². The van der Waals surface area contributed by atoms with Crippen molar-refractivity contribution in [2.45, 2.75) is 13.2 Å². The summed E-state index contributed by atoms with van der Waals surface area (Å²) in [4.78, 5) is 0. The fourth-order valence-electron chi connectivity index (χ4n) is 1.94. The van der Waals surface area contributed by atoms with Gasteiger partial charge in [0.1, 0.15) is 23.9 Å². The van der Waals surface area contributed by atoms with Crippen LogP contribution in [0.25, 0.3) is 0 Å². The third-order valence-corrected chi connectivity index (χ3v) is 2.95. The molecule has 4 heteroatoms. The number of phenolic OH excluding ortho intramolecular Hbond substituents is 1. The Morgan fingerprint density at radius 3 is 2.70 bits per heavy atom. The van der Waals surface area contributed by atoms with Crippen molar-refractivity contribution in [3.8, 4) is 17.2 Å². The predicted molar refractivity (Wildman–Crippen MR) is 78.2 cm³/mol. The van der Waals surface area contributed by atoms with Crippen LogP contribution in [0, 0.1) is 0 Å². The fourth-order valence-corrected chi connectivity index (χ4v) is 1.94. The summed E-state index contributed by atoms with van der Waals surface area (Å²) in [6.45, 7) is 1.12. The van der Waals surface area contributed by atoms with E-state index in [-0.39, 0.29) is 5.75 Å². The first kappa shape index (κ1) is 14.2. The van der Waals surface area contributed by atoms with E-state index in [9.17, 15) is 5.11 Å². The van der Waals surface area contributed by atoms with Gasteiger partial charge in [0.15, 0.2) is 0 Å². The van der Waals surface area contributed by atoms with Gasteiger partial charge in [-0.15, -0.1) is 0 Å². The van der Waals surface area contributed by atoms with Gasteiger partial charge in [0.05, 0.1) is 7.11 Å². The second kappa shape index (κ2) is 6.82. The maximum atomic E-state index is 9.45. The maximum Gasteiger partial charge on any atom is 0.127 e. The number of hydrogen-bond donors (Lipinski definition) is 2. The van der Waals surface area contributed by atoms with Crippen LogP contribution in [0.4, 0.5) is 0 Å². The van der Waals surface area contributed by atoms with Crippen molar-refractivity contribution in [3.05, 3.63) is 53.6 Å². The molecular formula is C16H19NO3. The van der Waals surface area contributed by atoms with Gasteiger partial charge in [0.25, 0.3) is 0 Å². The molecule has 2 rings (SSSR count). The largest absolute Gasteiger partial charge is 0.508 e. The van der Waals surface area contributed by atoms with Crippen LogP contribution < -0.4 is 14.8 Å². The Labute approximate surface area is 119 Å². The summed E-state index contributed by atoms with van der Waals surface area (Å²) in [6.07, 6.45) is 0. The Kier molecular flexibility index (Phi) is 4.85. The molecule has 4 nitrogen and oxygen atoms in total. The van der Waals surface area contributed by atoms with E-state index in [1.54, 1.807) is 25.3 Å². The molecule has 20 heavy (non-hydrogen) atoms. The van der Waals surface area contributed by atoms with Crippen LogP contribution in [0.3, 0.4) is 0 Å². The highest BCUT2D eigenvalue weighted by Crippen LogP contribution is 2.26. The van der Waals surface area contributed by atoms with Crippen LogP contribution in [0.1, 0.15) is 11.1 Å². The van der Waals surface area contributed by atoms with Gasteiger partial charge in [0, 0.05) is 18.2 Å². The lowest BCUT2D eigenvalue weighted by Crippen LogP contribution is -2.07. The quantitative estimate of drug-likeness (QED) is 0.849. The average molecular weight is 273 g/mol. The zero-order chi connectivity index (χ0) is 14.4. The molecule has 0 fully saturated rings. The minimum atomic E-state index is 0.243. The number of nitrogens with one attached hydrogen (secondary N) is 1. The van der Waals surface area contributed by atoms with Crippen LogP contribution in [0.5, 0.6) is 17.2 Å². The number of methoxy groups -OCH3 is 1. The monoisotopic (exact) mass is 273 g/mol. The van der Waals surface area contributed by atoms with Crippen molar-refractivity contribution in [1.82, 2.24) is 5.32 Å². The van der Waals surface area contributed by atoms with Crippen LogP contribution in [-0.4, -0.2) is 19.3 Å². The second-order valence-electron chi connectivity index (χ2n) is 4.46. The van der Waals surface area contributed by atoms with E-state index in [0.717, 1.165) is 29.2 Å². The number of ether oxygens (including phenoxy) is 2. The van der Waals surface area contributed by atoms with E-state index in [0.29, 0.717) is 6.61 Å². The molecule has 0 atom stereocenters. The summed E-state index contributed by atoms with van der Waals surface area (Å²) in [5.74, 6) is 1.78. The molecule has 0 saturated heterocycles. The topological polar surface area (TPSA) is 50.7 Å². The maximum absolute atomic E-state index is 9.45. The highest BCUT2D eigenvalue weighted by molar-refractivity contribution is 5.41. The SMILES string of the molecule is CNCc1ccc(OC)cc1OCc1cccc(O)c1. The molecule has 0 aliphatic rings. The van der Waals surface area contributed by atoms with Crippen LogP contribution >= 0.6 is 0 Å². The van der Waals surface area contributed by atoms with Gasteiger partial charge in [-0.1, -0.05) is 18.2 Å². The Bertz CT molecular complexity index is 569. The van der Waals surface area contributed by atoms with Crippen molar-refractivity contribution >= 4 is 0 Å². The second-order valence-corrected chi connectivity index (χ2v) is 4.46. The Morgan fingerprint density at radius 1 is 1.15 bits per heavy atom. The summed E-state index contributed by atoms with van der Waals surface area (Å²) in [5.41, 5.74) is 1.98. The molecule has 0 saturated carbocycles. The van der Waals surface area contributed by atoms with E-state index < -0.39 is 0 Å². The molecule has 0 aliphatic carbocycles. The van der Waals surface area contributed by atoms with Crippen LogP contribution in [-0.2, 0) is 13.2 Å². The van der Waals surface area contributed by atoms with Crippen molar-refractivity contribution < 1.29 is 14.6 Å². The molecule has 2 aromatic rings. The van der Waals surface area contributed by atoms with Crippen LogP contribution in [0.2, 0.25) is 0 Å². The van der Waals surface area contributed by atoms with Crippen molar-refractivity contribution in [2.75, 3.05) is 14.2 Å². The predicted octanol–water partition coefficient (Wildman–Crippen LogP) is 2.70. The Morgan fingerprint density at radius 2 is 2.00 bits per heavy atom. The lowest BCUT2D eigenvalue weighted by Gasteiger charge is -2.13. The molecule has 0 aliphatic heterocycles. The summed E-state index contributed by atoms with van der Waals surface area (Å²) < 4.78 is 11.1. The van der Waals surface area contributed by atoms with E-state index in [1.807, 2.05) is 31.3 Å². The lowest BCUT2D eigenvalue weighted by atomic mass is 10.2. The Balaban J connectivity index is 2.14. The first-order valence-electron chi connectivity index (χ1n) is 6.45. The van der Waals surface area contributed by atoms with Crippen molar-refractivity contribution in [1.29, 1.82) is 0 Å². The van der Waals surface area contributed by atoms with Gasteiger partial charge in [-0.2, -0.15) is 0 Å². The summed E-state index contributed by atoms with van der Waals surface area (Å²) >= 11 is 0. The molecule has 106 valence electrons. The normalized spacial score (nSPS) is 10.3. The third kappa shape index (κ3) is 3.65. The molecule has 0 spiro atoms. The number of hydrogen-bond acceptors (Lipinski definition) is 4. The number of aromatic hydroxyl groups is 1. The van der Waals surface area contributed by atoms with Gasteiger partial charge < -0.3 is 19.9 Å². The smallest absolute Gasteiger partial charge is 0.127 e. The number of rotatable bonds is 6. The van der Waals surface area contributed by atoms with Gasteiger partial charge in [-0.3, -0.25) is 0 Å². The first-order valence-corrected chi connectivity index (χ1v) is 6.45. The van der Waals surface area contributed by atoms with Crippen LogP contribution in [0.15, 0.2) is 42.5 Å². The summed E-state index contributed by atoms with van der Waals surface area (Å²) in [7, 11) is 3.52. The molecule has 0 unspecified atom stereocenters. The third-order valence-electron chi connectivity index (χ3n) is 2.95. The summed E-state index contributed by atoms with van der Waals surface area (Å²) in [6, 6.07) is 12.8. The zero-order valence-corrected chi connectivity index (χ0v) is 11.7. The molecular weight excluding hydrogens is 254 g/mol. The minimum absolute atomic E-state index is 0.243. The molecule has 2 N–H and O–H groups in total. The molecule has 2 aromatic carbocycles. The number of benzene rings is 2. The molecule has 0 heterocycles. The van der Waals surface area contributed by atoms with Gasteiger partial charge in [0.2, 0.25) is 0 Å². The van der Waals surface area contributed by atoms with Gasteiger partial charge >= 0.3 is 0 Å². The number of phenols is 1. The molecule has 0 radical (unpaired) electrons. The van der Waals surface area contributed by atoms with Crippen molar-refractivity contribution in [2.24, 2.45) is 0 Å². The van der Waals surface area contributed by atoms with E-state index in [2.05, 4.69) is 5.32 Å². The van der Waals surface area contributed by atoms with Crippen molar-refractivity contribution in [3.63, 3.8) is 0 Å². The molecule has 0 aromatic heterocycles. The fraction of sp³-hybridized carbons (Fsp3) is 0.250. The zero-order valence-electron chi connectivity index (χ0n) is 11.7. The molecule has 0 bridgehead atoms. The minimum Gasteiger partial charge on any atom is -0.508 e. The van der Waals surface area contributed by atoms with E-state index in [1.165, 1.54) is 0 Å². The average Bonchev–Trinajstić information content (AvgIpc) is 2.46. The Hall–Kier alpha value is -2.20. The van der Waals surface area contributed by atoms with E-state index >= 15 is 0 Å². The van der Waals surface area contributed by atoms with Gasteiger partial charge in [-0.25, -0.2) is 0 Å². The van der Waals surface area contributed by atoms with E-state index in [4.69, 9.17) is 9.47 Å².